The summed E-state index contributed by atoms with van der Waals surface area (Å²) in [4.78, 5) is 27.4. The predicted molar refractivity (Wildman–Crippen MR) is 104 cm³/mol. The quantitative estimate of drug-likeness (QED) is 0.893. The minimum absolute atomic E-state index is 0.100. The lowest BCUT2D eigenvalue weighted by molar-refractivity contribution is 0.0494. The Hall–Kier alpha value is -2.70. The van der Waals surface area contributed by atoms with Gasteiger partial charge < -0.3 is 15.0 Å². The van der Waals surface area contributed by atoms with E-state index >= 15 is 0 Å². The zero-order valence-electron chi connectivity index (χ0n) is 16.3. The molecule has 3 rings (SSSR count). The fourth-order valence-corrected chi connectivity index (χ4v) is 3.28. The van der Waals surface area contributed by atoms with Crippen LogP contribution in [0.2, 0.25) is 0 Å². The number of amides is 1. The van der Waals surface area contributed by atoms with Gasteiger partial charge in [-0.05, 0) is 52.7 Å². The Balaban J connectivity index is 1.64. The molecular formula is C20H27N5O2. The number of nitrogens with zero attached hydrogens (tertiary/aromatic N) is 4. The highest BCUT2D eigenvalue weighted by Crippen LogP contribution is 2.25. The first-order chi connectivity index (χ1) is 12.8. The molecule has 1 amide bonds. The molecule has 1 N–H and O–H groups in total. The Morgan fingerprint density at radius 1 is 1.22 bits per heavy atom. The van der Waals surface area contributed by atoms with Gasteiger partial charge in [-0.1, -0.05) is 6.07 Å². The maximum Gasteiger partial charge on any atom is 0.407 e. The van der Waals surface area contributed by atoms with Gasteiger partial charge >= 0.3 is 6.09 Å². The fourth-order valence-electron chi connectivity index (χ4n) is 3.28. The minimum Gasteiger partial charge on any atom is -0.444 e. The maximum absolute atomic E-state index is 12.0. The van der Waals surface area contributed by atoms with Crippen molar-refractivity contribution >= 4 is 11.9 Å². The number of nitrogens with one attached hydrogen (secondary N) is 1. The highest BCUT2D eigenvalue weighted by molar-refractivity contribution is 5.68. The first kappa shape index (κ1) is 19.1. The Morgan fingerprint density at radius 2 is 2.04 bits per heavy atom. The van der Waals surface area contributed by atoms with E-state index in [9.17, 15) is 4.79 Å². The summed E-state index contributed by atoms with van der Waals surface area (Å²) in [5.74, 6) is 0.883. The third-order valence-electron chi connectivity index (χ3n) is 4.47. The fraction of sp³-hybridized carbons (Fsp3) is 0.500. The molecule has 0 aromatic carbocycles. The van der Waals surface area contributed by atoms with Gasteiger partial charge in [0.15, 0.2) is 0 Å². The van der Waals surface area contributed by atoms with Gasteiger partial charge in [-0.15, -0.1) is 0 Å². The molecule has 2 aromatic heterocycles. The van der Waals surface area contributed by atoms with Crippen molar-refractivity contribution in [1.82, 2.24) is 20.3 Å². The van der Waals surface area contributed by atoms with Crippen LogP contribution < -0.4 is 10.2 Å². The van der Waals surface area contributed by atoms with Crippen LogP contribution in [0.3, 0.4) is 0 Å². The summed E-state index contributed by atoms with van der Waals surface area (Å²) in [6.07, 6.45) is 4.66. The second kappa shape index (κ2) is 7.90. The molecule has 1 aliphatic heterocycles. The molecule has 2 unspecified atom stereocenters. The van der Waals surface area contributed by atoms with Gasteiger partial charge in [0.2, 0.25) is 0 Å². The average molecular weight is 369 g/mol. The van der Waals surface area contributed by atoms with E-state index in [2.05, 4.69) is 32.1 Å². The van der Waals surface area contributed by atoms with Crippen LogP contribution in [-0.2, 0) is 4.74 Å². The monoisotopic (exact) mass is 369 g/mol. The lowest BCUT2D eigenvalue weighted by atomic mass is 9.98. The van der Waals surface area contributed by atoms with E-state index in [1.165, 1.54) is 0 Å². The number of anilines is 1. The highest BCUT2D eigenvalue weighted by Gasteiger charge is 2.29. The molecule has 1 fully saturated rings. The number of rotatable bonds is 3. The van der Waals surface area contributed by atoms with E-state index in [0.717, 1.165) is 36.6 Å². The van der Waals surface area contributed by atoms with Crippen LogP contribution in [0.4, 0.5) is 10.6 Å². The van der Waals surface area contributed by atoms with Crippen molar-refractivity contribution in [2.45, 2.75) is 58.2 Å². The molecule has 1 saturated heterocycles. The molecule has 0 spiro atoms. The second-order valence-corrected chi connectivity index (χ2v) is 7.89. The van der Waals surface area contributed by atoms with Crippen LogP contribution in [0.25, 0.3) is 11.4 Å². The number of aromatic nitrogens is 3. The third kappa shape index (κ3) is 5.15. The Kier molecular flexibility index (Phi) is 5.58. The van der Waals surface area contributed by atoms with Gasteiger partial charge in [0.05, 0.1) is 11.4 Å². The Labute approximate surface area is 160 Å². The topological polar surface area (TPSA) is 80.2 Å². The standard InChI is InChI=1S/C20H27N5O2/c1-14-11-15(24-19(26)27-20(2,3)4)8-10-25(14)18-12-17(22-13-23-18)16-7-5-6-9-21-16/h5-7,9,12-15H,8,10-11H2,1-4H3,(H,24,26). The van der Waals surface area contributed by atoms with Crippen molar-refractivity contribution in [3.05, 3.63) is 36.8 Å². The third-order valence-corrected chi connectivity index (χ3v) is 4.47. The first-order valence-electron chi connectivity index (χ1n) is 9.31. The van der Waals surface area contributed by atoms with Gasteiger partial charge in [0.1, 0.15) is 17.7 Å². The van der Waals surface area contributed by atoms with Gasteiger partial charge in [0, 0.05) is 30.9 Å². The van der Waals surface area contributed by atoms with Gasteiger partial charge in [-0.2, -0.15) is 0 Å². The normalized spacial score (nSPS) is 20.2. The molecule has 7 nitrogen and oxygen atoms in total. The minimum atomic E-state index is -0.487. The molecule has 3 heterocycles. The molecule has 0 aliphatic carbocycles. The molecule has 0 bridgehead atoms. The number of piperidine rings is 1. The molecule has 7 heteroatoms. The van der Waals surface area contributed by atoms with Crippen LogP contribution >= 0.6 is 0 Å². The molecule has 1 aliphatic rings. The van der Waals surface area contributed by atoms with Crippen molar-refractivity contribution in [2.75, 3.05) is 11.4 Å². The summed E-state index contributed by atoms with van der Waals surface area (Å²) in [5, 5.41) is 2.98. The zero-order valence-corrected chi connectivity index (χ0v) is 16.3. The van der Waals surface area contributed by atoms with Gasteiger partial charge in [0.25, 0.3) is 0 Å². The number of carbonyl (C=O) groups excluding carboxylic acids is 1. The largest absolute Gasteiger partial charge is 0.444 e. The van der Waals surface area contributed by atoms with Crippen molar-refractivity contribution in [2.24, 2.45) is 0 Å². The maximum atomic E-state index is 12.0. The van der Waals surface area contributed by atoms with Crippen molar-refractivity contribution in [3.8, 4) is 11.4 Å². The van der Waals surface area contributed by atoms with E-state index in [1.807, 2.05) is 45.0 Å². The summed E-state index contributed by atoms with van der Waals surface area (Å²) in [6.45, 7) is 8.55. The van der Waals surface area contributed by atoms with Crippen LogP contribution in [0, 0.1) is 0 Å². The molecule has 27 heavy (non-hydrogen) atoms. The first-order valence-corrected chi connectivity index (χ1v) is 9.31. The average Bonchev–Trinajstić information content (AvgIpc) is 2.61. The van der Waals surface area contributed by atoms with Gasteiger partial charge in [-0.3, -0.25) is 4.98 Å². The molecule has 0 saturated carbocycles. The molecule has 144 valence electrons. The number of hydrogen-bond donors (Lipinski definition) is 1. The van der Waals surface area contributed by atoms with E-state index in [1.54, 1.807) is 12.5 Å². The molecule has 0 radical (unpaired) electrons. The summed E-state index contributed by atoms with van der Waals surface area (Å²) >= 11 is 0. The second-order valence-electron chi connectivity index (χ2n) is 7.89. The number of carbonyl (C=O) groups is 1. The van der Waals surface area contributed by atoms with Crippen molar-refractivity contribution < 1.29 is 9.53 Å². The smallest absolute Gasteiger partial charge is 0.407 e. The van der Waals surface area contributed by atoms with Crippen LogP contribution in [0.1, 0.15) is 40.5 Å². The number of ether oxygens (including phenoxy) is 1. The Morgan fingerprint density at radius 3 is 2.70 bits per heavy atom. The number of hydrogen-bond acceptors (Lipinski definition) is 6. The van der Waals surface area contributed by atoms with E-state index < -0.39 is 5.60 Å². The summed E-state index contributed by atoms with van der Waals surface area (Å²) in [6, 6.07) is 8.08. The number of alkyl carbamates (subject to hydrolysis) is 1. The summed E-state index contributed by atoms with van der Waals surface area (Å²) in [7, 11) is 0. The SMILES string of the molecule is CC1CC(NC(=O)OC(C)(C)C)CCN1c1cc(-c2ccccn2)ncn1. The van der Waals surface area contributed by atoms with Gasteiger partial charge in [-0.25, -0.2) is 14.8 Å². The predicted octanol–water partition coefficient (Wildman–Crippen LogP) is 3.42. The summed E-state index contributed by atoms with van der Waals surface area (Å²) < 4.78 is 5.36. The highest BCUT2D eigenvalue weighted by atomic mass is 16.6. The van der Waals surface area contributed by atoms with E-state index in [4.69, 9.17) is 4.74 Å². The van der Waals surface area contributed by atoms with E-state index in [0.29, 0.717) is 0 Å². The zero-order chi connectivity index (χ0) is 19.4. The molecule has 2 atom stereocenters. The Bertz CT molecular complexity index is 775. The molecule has 2 aromatic rings. The van der Waals surface area contributed by atoms with Crippen LogP contribution in [0.15, 0.2) is 36.8 Å². The summed E-state index contributed by atoms with van der Waals surface area (Å²) in [5.41, 5.74) is 1.15. The lowest BCUT2D eigenvalue weighted by Crippen LogP contribution is -2.50. The van der Waals surface area contributed by atoms with Crippen LogP contribution in [0.5, 0.6) is 0 Å². The van der Waals surface area contributed by atoms with E-state index in [-0.39, 0.29) is 18.2 Å². The number of pyridine rings is 1. The lowest BCUT2D eigenvalue weighted by Gasteiger charge is -2.38. The van der Waals surface area contributed by atoms with Crippen molar-refractivity contribution in [1.29, 1.82) is 0 Å². The molecular weight excluding hydrogens is 342 g/mol. The van der Waals surface area contributed by atoms with Crippen molar-refractivity contribution in [3.63, 3.8) is 0 Å². The van der Waals surface area contributed by atoms with Crippen LogP contribution in [-0.4, -0.2) is 45.3 Å².